The Bertz CT molecular complexity index is 1000. The molecule has 0 amide bonds. The lowest BCUT2D eigenvalue weighted by Gasteiger charge is -2.54. The molecule has 1 saturated carbocycles. The Morgan fingerprint density at radius 2 is 1.86 bits per heavy atom. The van der Waals surface area contributed by atoms with Gasteiger partial charge >= 0.3 is 11.9 Å². The average molecular weight is 502 g/mol. The molecule has 0 aliphatic heterocycles. The maximum Gasteiger partial charge on any atom is 0.328 e. The predicted octanol–water partition coefficient (Wildman–Crippen LogP) is 4.52. The van der Waals surface area contributed by atoms with E-state index in [0.717, 1.165) is 43.4 Å². The van der Waals surface area contributed by atoms with Crippen molar-refractivity contribution in [1.29, 1.82) is 0 Å². The number of nitrogens with zero attached hydrogens (tertiary/aromatic N) is 2. The van der Waals surface area contributed by atoms with Crippen molar-refractivity contribution in [2.24, 2.45) is 27.4 Å². The Labute approximate surface area is 212 Å². The highest BCUT2D eigenvalue weighted by molar-refractivity contribution is 6.03. The first-order valence-electron chi connectivity index (χ1n) is 12.3. The fraction of sp³-hybridized carbons (Fsp3) is 0.556. The van der Waals surface area contributed by atoms with E-state index in [1.807, 2.05) is 6.21 Å². The first kappa shape index (κ1) is 29.0. The summed E-state index contributed by atoms with van der Waals surface area (Å²) in [7, 11) is 0. The zero-order valence-electron chi connectivity index (χ0n) is 21.6. The van der Waals surface area contributed by atoms with E-state index in [1.54, 1.807) is 0 Å². The van der Waals surface area contributed by atoms with Gasteiger partial charge in [0.25, 0.3) is 0 Å². The SMILES string of the molecule is CC(C)c1ccc2c(c1)/C(=N\O)C[C@H]1[C@](C)(/C=N/OCCCN)CCC[C@]21C.O=C(O)/C=C/C(=O)O. The molecule has 0 bridgehead atoms. The number of carboxylic acid groups (broad SMARTS) is 2. The van der Waals surface area contributed by atoms with Gasteiger partial charge in [-0.1, -0.05) is 56.6 Å². The van der Waals surface area contributed by atoms with Gasteiger partial charge in [-0.05, 0) is 66.7 Å². The maximum atomic E-state index is 9.80. The van der Waals surface area contributed by atoms with Crippen LogP contribution in [0.25, 0.3) is 0 Å². The third-order valence-corrected chi connectivity index (χ3v) is 7.36. The second-order valence-electron chi connectivity index (χ2n) is 10.3. The molecule has 0 radical (unpaired) electrons. The van der Waals surface area contributed by atoms with Gasteiger partial charge in [0.15, 0.2) is 0 Å². The smallest absolute Gasteiger partial charge is 0.328 e. The molecule has 9 heteroatoms. The highest BCUT2D eigenvalue weighted by atomic mass is 16.6. The summed E-state index contributed by atoms with van der Waals surface area (Å²) in [6, 6.07) is 6.73. The molecule has 0 heterocycles. The fourth-order valence-corrected chi connectivity index (χ4v) is 5.40. The minimum Gasteiger partial charge on any atom is -0.478 e. The molecule has 3 atom stereocenters. The Hall–Kier alpha value is -3.20. The Balaban J connectivity index is 0.000000493. The minimum atomic E-state index is -1.26. The number of rotatable bonds is 8. The van der Waals surface area contributed by atoms with Gasteiger partial charge < -0.3 is 26.0 Å². The number of hydrogen-bond acceptors (Lipinski definition) is 7. The third-order valence-electron chi connectivity index (χ3n) is 7.36. The summed E-state index contributed by atoms with van der Waals surface area (Å²) in [6.45, 7) is 10.2. The monoisotopic (exact) mass is 501 g/mol. The van der Waals surface area contributed by atoms with Gasteiger partial charge in [-0.2, -0.15) is 0 Å². The van der Waals surface area contributed by atoms with Gasteiger partial charge in [0.1, 0.15) is 6.61 Å². The van der Waals surface area contributed by atoms with E-state index in [1.165, 1.54) is 11.1 Å². The van der Waals surface area contributed by atoms with Gasteiger partial charge in [0, 0.05) is 29.3 Å². The number of nitrogens with two attached hydrogens (primary N) is 1. The molecule has 1 fully saturated rings. The first-order valence-corrected chi connectivity index (χ1v) is 12.3. The number of hydrogen-bond donors (Lipinski definition) is 4. The van der Waals surface area contributed by atoms with Crippen LogP contribution in [-0.2, 0) is 19.8 Å². The summed E-state index contributed by atoms with van der Waals surface area (Å²) >= 11 is 0. The Morgan fingerprint density at radius 1 is 1.19 bits per heavy atom. The standard InChI is InChI=1S/C23H35N3O2.C4H4O4/c1-16(2)17-7-8-19-18(13-17)20(26-27)14-21-22(3,9-5-10-23(19,21)4)15-25-28-12-6-11-24;5-3(6)1-2-4(7)8/h7-8,13,15-16,21,27H,5-6,9-12,14,24H2,1-4H3;1-2H,(H,5,6)(H,7,8)/b25-15+,26-20-;2-1+/t21-,22-,23+;/m0./s1. The molecule has 36 heavy (non-hydrogen) atoms. The lowest BCUT2D eigenvalue weighted by molar-refractivity contribution is -0.134. The van der Waals surface area contributed by atoms with E-state index in [0.29, 0.717) is 37.1 Å². The van der Waals surface area contributed by atoms with Gasteiger partial charge in [-0.15, -0.1) is 0 Å². The first-order chi connectivity index (χ1) is 17.0. The topological polar surface area (TPSA) is 155 Å². The average Bonchev–Trinajstić information content (AvgIpc) is 2.82. The van der Waals surface area contributed by atoms with Crippen LogP contribution in [0.15, 0.2) is 40.7 Å². The number of oxime groups is 2. The second kappa shape index (κ2) is 12.7. The van der Waals surface area contributed by atoms with Crippen molar-refractivity contribution in [2.75, 3.05) is 13.2 Å². The number of carboxylic acids is 2. The predicted molar refractivity (Wildman–Crippen MR) is 139 cm³/mol. The van der Waals surface area contributed by atoms with E-state index in [9.17, 15) is 14.8 Å². The molecule has 0 aromatic heterocycles. The summed E-state index contributed by atoms with van der Waals surface area (Å²) in [5.74, 6) is -1.75. The van der Waals surface area contributed by atoms with Crippen molar-refractivity contribution in [3.63, 3.8) is 0 Å². The highest BCUT2D eigenvalue weighted by Crippen LogP contribution is 2.56. The molecule has 1 aromatic carbocycles. The number of fused-ring (bicyclic) bond motifs is 3. The largest absolute Gasteiger partial charge is 0.478 e. The van der Waals surface area contributed by atoms with Crippen LogP contribution in [0, 0.1) is 11.3 Å². The molecule has 0 saturated heterocycles. The van der Waals surface area contributed by atoms with Crippen LogP contribution in [0.3, 0.4) is 0 Å². The summed E-state index contributed by atoms with van der Waals surface area (Å²) in [6.07, 6.45) is 8.03. The minimum absolute atomic E-state index is 0.0370. The van der Waals surface area contributed by atoms with Crippen LogP contribution in [0.5, 0.6) is 0 Å². The van der Waals surface area contributed by atoms with Crippen molar-refractivity contribution in [3.05, 3.63) is 47.0 Å². The molecule has 3 rings (SSSR count). The zero-order valence-corrected chi connectivity index (χ0v) is 21.6. The van der Waals surface area contributed by atoms with E-state index in [2.05, 4.69) is 56.2 Å². The molecular weight excluding hydrogens is 462 g/mol. The van der Waals surface area contributed by atoms with Gasteiger partial charge in [0.05, 0.1) is 5.71 Å². The van der Waals surface area contributed by atoms with Crippen LogP contribution < -0.4 is 5.73 Å². The molecule has 1 aromatic rings. The van der Waals surface area contributed by atoms with E-state index >= 15 is 0 Å². The molecule has 5 N–H and O–H groups in total. The summed E-state index contributed by atoms with van der Waals surface area (Å²) in [4.78, 5) is 24.5. The van der Waals surface area contributed by atoms with E-state index in [4.69, 9.17) is 20.8 Å². The highest BCUT2D eigenvalue weighted by Gasteiger charge is 2.53. The van der Waals surface area contributed by atoms with Crippen molar-refractivity contribution < 1.29 is 29.8 Å². The van der Waals surface area contributed by atoms with Crippen molar-refractivity contribution >= 4 is 23.9 Å². The van der Waals surface area contributed by atoms with Crippen LogP contribution >= 0.6 is 0 Å². The molecule has 0 unspecified atom stereocenters. The lowest BCUT2D eigenvalue weighted by atomic mass is 9.50. The van der Waals surface area contributed by atoms with Crippen LogP contribution in [0.1, 0.15) is 82.4 Å². The van der Waals surface area contributed by atoms with Gasteiger partial charge in [-0.3, -0.25) is 0 Å². The van der Waals surface area contributed by atoms with E-state index < -0.39 is 11.9 Å². The summed E-state index contributed by atoms with van der Waals surface area (Å²) in [5, 5.41) is 33.4. The van der Waals surface area contributed by atoms with Crippen LogP contribution in [0.4, 0.5) is 0 Å². The van der Waals surface area contributed by atoms with Crippen LogP contribution in [0.2, 0.25) is 0 Å². The van der Waals surface area contributed by atoms with Crippen molar-refractivity contribution in [1.82, 2.24) is 0 Å². The van der Waals surface area contributed by atoms with E-state index in [-0.39, 0.29) is 10.8 Å². The Morgan fingerprint density at radius 3 is 2.42 bits per heavy atom. The molecule has 2 aliphatic rings. The lowest BCUT2D eigenvalue weighted by Crippen LogP contribution is -2.51. The quantitative estimate of drug-likeness (QED) is 0.134. The van der Waals surface area contributed by atoms with Gasteiger partial charge in [0.2, 0.25) is 0 Å². The normalized spacial score (nSPS) is 26.4. The molecule has 198 valence electrons. The molecule has 9 nitrogen and oxygen atoms in total. The van der Waals surface area contributed by atoms with Gasteiger partial charge in [-0.25, -0.2) is 9.59 Å². The number of aliphatic carboxylic acids is 2. The number of carbonyl (C=O) groups is 2. The van der Waals surface area contributed by atoms with Crippen LogP contribution in [-0.4, -0.2) is 52.4 Å². The summed E-state index contributed by atoms with van der Waals surface area (Å²) < 4.78 is 0. The fourth-order valence-electron chi connectivity index (χ4n) is 5.40. The number of benzene rings is 1. The van der Waals surface area contributed by atoms with Crippen molar-refractivity contribution in [3.8, 4) is 0 Å². The summed E-state index contributed by atoms with van der Waals surface area (Å²) in [5.41, 5.74) is 9.97. The molecule has 0 spiro atoms. The zero-order chi connectivity index (χ0) is 26.9. The third kappa shape index (κ3) is 6.94. The maximum absolute atomic E-state index is 9.80. The second-order valence-corrected chi connectivity index (χ2v) is 10.3. The molecular formula is C27H39N3O6. The van der Waals surface area contributed by atoms with Crippen molar-refractivity contribution in [2.45, 2.75) is 71.1 Å². The Kier molecular flexibility index (Phi) is 10.2. The molecule has 2 aliphatic carbocycles.